The van der Waals surface area contributed by atoms with E-state index in [4.69, 9.17) is 0 Å². The maximum atomic E-state index is 11.0. The predicted molar refractivity (Wildman–Crippen MR) is 44.5 cm³/mol. The summed E-state index contributed by atoms with van der Waals surface area (Å²) in [5, 5.41) is 6.09. The Hall–Kier alpha value is -0.670. The quantitative estimate of drug-likeness (QED) is 0.470. The summed E-state index contributed by atoms with van der Waals surface area (Å²) in [5.41, 5.74) is 0. The lowest BCUT2D eigenvalue weighted by Crippen LogP contribution is -2.32. The van der Waals surface area contributed by atoms with Crippen molar-refractivity contribution in [3.05, 3.63) is 12.2 Å². The molecule has 1 aliphatic rings. The van der Waals surface area contributed by atoms with Crippen molar-refractivity contribution >= 4 is 5.78 Å². The van der Waals surface area contributed by atoms with Crippen molar-refractivity contribution in [2.24, 2.45) is 0 Å². The summed E-state index contributed by atoms with van der Waals surface area (Å²) in [6.07, 6.45) is 5.19. The molecule has 3 nitrogen and oxygen atoms in total. The molecule has 0 unspecified atom stereocenters. The van der Waals surface area contributed by atoms with Gasteiger partial charge >= 0.3 is 0 Å². The summed E-state index contributed by atoms with van der Waals surface area (Å²) in [5.74, 6) is 0.236. The first-order valence-electron chi connectivity index (χ1n) is 3.98. The van der Waals surface area contributed by atoms with E-state index in [0.717, 1.165) is 19.5 Å². The Morgan fingerprint density at radius 3 is 2.91 bits per heavy atom. The van der Waals surface area contributed by atoms with Gasteiger partial charge in [-0.1, -0.05) is 12.2 Å². The molecular weight excluding hydrogens is 140 g/mol. The van der Waals surface area contributed by atoms with Gasteiger partial charge in [-0.2, -0.15) is 0 Å². The molecule has 0 aromatic heterocycles. The largest absolute Gasteiger partial charge is 0.310 e. The van der Waals surface area contributed by atoms with Crippen molar-refractivity contribution in [3.63, 3.8) is 0 Å². The van der Waals surface area contributed by atoms with Crippen LogP contribution in [0.2, 0.25) is 0 Å². The molecule has 1 heterocycles. The lowest BCUT2D eigenvalue weighted by Gasteiger charge is -2.05. The molecule has 3 heteroatoms. The zero-order valence-electron chi connectivity index (χ0n) is 6.60. The van der Waals surface area contributed by atoms with Gasteiger partial charge < -0.3 is 10.6 Å². The second-order valence-corrected chi connectivity index (χ2v) is 2.61. The van der Waals surface area contributed by atoms with Gasteiger partial charge in [0, 0.05) is 6.54 Å². The second kappa shape index (κ2) is 5.04. The number of hydrogen-bond donors (Lipinski definition) is 2. The second-order valence-electron chi connectivity index (χ2n) is 2.61. The smallest absolute Gasteiger partial charge is 0.160 e. The zero-order valence-corrected chi connectivity index (χ0v) is 6.60. The average Bonchev–Trinajstić information content (AvgIpc) is 2.03. The summed E-state index contributed by atoms with van der Waals surface area (Å²) in [4.78, 5) is 11.0. The fraction of sp³-hybridized carbons (Fsp3) is 0.625. The maximum absolute atomic E-state index is 11.0. The third-order valence-electron chi connectivity index (χ3n) is 1.56. The molecule has 1 rings (SSSR count). The number of carbonyl (C=O) groups excluding carboxylic acids is 1. The van der Waals surface area contributed by atoms with Crippen LogP contribution in [0.15, 0.2) is 12.2 Å². The number of carbonyl (C=O) groups is 1. The van der Waals surface area contributed by atoms with Crippen LogP contribution in [0.4, 0.5) is 0 Å². The average molecular weight is 154 g/mol. The molecule has 11 heavy (non-hydrogen) atoms. The number of hydrogen-bond acceptors (Lipinski definition) is 3. The fourth-order valence-corrected chi connectivity index (χ4v) is 0.972. The summed E-state index contributed by atoms with van der Waals surface area (Å²) in [6, 6.07) is 0. The molecule has 0 saturated carbocycles. The number of ketones is 1. The molecule has 0 fully saturated rings. The summed E-state index contributed by atoms with van der Waals surface area (Å²) in [7, 11) is 0. The van der Waals surface area contributed by atoms with Crippen molar-refractivity contribution in [1.29, 1.82) is 0 Å². The van der Waals surface area contributed by atoms with E-state index in [2.05, 4.69) is 22.8 Å². The van der Waals surface area contributed by atoms with Crippen molar-refractivity contribution in [1.82, 2.24) is 10.6 Å². The highest BCUT2D eigenvalue weighted by Gasteiger charge is 1.99. The first kappa shape index (κ1) is 8.43. The van der Waals surface area contributed by atoms with E-state index in [0.29, 0.717) is 13.1 Å². The zero-order chi connectivity index (χ0) is 7.94. The minimum Gasteiger partial charge on any atom is -0.310 e. The van der Waals surface area contributed by atoms with Gasteiger partial charge in [0.1, 0.15) is 0 Å². The van der Waals surface area contributed by atoms with Gasteiger partial charge in [0.2, 0.25) is 0 Å². The highest BCUT2D eigenvalue weighted by atomic mass is 16.1. The third-order valence-corrected chi connectivity index (χ3v) is 1.56. The van der Waals surface area contributed by atoms with Crippen LogP contribution in [0, 0.1) is 0 Å². The van der Waals surface area contributed by atoms with E-state index >= 15 is 0 Å². The molecule has 62 valence electrons. The van der Waals surface area contributed by atoms with Gasteiger partial charge in [-0.25, -0.2) is 0 Å². The van der Waals surface area contributed by atoms with Crippen LogP contribution in [0.3, 0.4) is 0 Å². The van der Waals surface area contributed by atoms with Crippen LogP contribution >= 0.6 is 0 Å². The van der Waals surface area contributed by atoms with E-state index < -0.39 is 0 Å². The Bertz CT molecular complexity index is 154. The van der Waals surface area contributed by atoms with Crippen LogP contribution in [0.25, 0.3) is 0 Å². The van der Waals surface area contributed by atoms with Crippen molar-refractivity contribution in [2.75, 3.05) is 26.2 Å². The van der Waals surface area contributed by atoms with E-state index in [1.54, 1.807) is 0 Å². The molecular formula is C8H14N2O. The molecule has 1 aliphatic heterocycles. The molecule has 0 aromatic carbocycles. The Balaban J connectivity index is 2.28. The van der Waals surface area contributed by atoms with E-state index in [1.165, 1.54) is 0 Å². The summed E-state index contributed by atoms with van der Waals surface area (Å²) in [6.45, 7) is 2.70. The molecule has 0 amide bonds. The van der Waals surface area contributed by atoms with Crippen molar-refractivity contribution in [2.45, 2.75) is 6.42 Å². The number of Topliss-reactive ketones (excluding diaryl/α,β-unsaturated/α-hetero) is 1. The van der Waals surface area contributed by atoms with Gasteiger partial charge in [-0.05, 0) is 13.0 Å². The van der Waals surface area contributed by atoms with Crippen LogP contribution in [0.1, 0.15) is 6.42 Å². The van der Waals surface area contributed by atoms with Crippen LogP contribution in [-0.2, 0) is 4.79 Å². The van der Waals surface area contributed by atoms with E-state index in [-0.39, 0.29) is 5.78 Å². The number of nitrogens with one attached hydrogen (secondary N) is 2. The lowest BCUT2D eigenvalue weighted by atomic mass is 10.3. The Morgan fingerprint density at radius 2 is 2.00 bits per heavy atom. The minimum absolute atomic E-state index is 0.236. The first-order valence-corrected chi connectivity index (χ1v) is 3.98. The maximum Gasteiger partial charge on any atom is 0.160 e. The molecule has 0 aliphatic carbocycles. The summed E-state index contributed by atoms with van der Waals surface area (Å²) >= 11 is 0. The van der Waals surface area contributed by atoms with Crippen LogP contribution < -0.4 is 10.6 Å². The molecule has 0 aromatic rings. The molecule has 2 N–H and O–H groups in total. The van der Waals surface area contributed by atoms with Gasteiger partial charge in [0.05, 0.1) is 13.1 Å². The molecule has 0 radical (unpaired) electrons. The van der Waals surface area contributed by atoms with E-state index in [1.807, 2.05) is 0 Å². The Kier molecular flexibility index (Phi) is 3.86. The normalized spacial score (nSPS) is 24.5. The summed E-state index contributed by atoms with van der Waals surface area (Å²) < 4.78 is 0. The number of rotatable bonds is 0. The Morgan fingerprint density at radius 1 is 1.18 bits per heavy atom. The van der Waals surface area contributed by atoms with Crippen LogP contribution in [-0.4, -0.2) is 32.0 Å². The van der Waals surface area contributed by atoms with Crippen molar-refractivity contribution in [3.8, 4) is 0 Å². The molecule has 0 spiro atoms. The fourth-order valence-electron chi connectivity index (χ4n) is 0.972. The minimum atomic E-state index is 0.236. The molecule has 0 atom stereocenters. The lowest BCUT2D eigenvalue weighted by molar-refractivity contribution is -0.117. The molecule has 0 saturated heterocycles. The van der Waals surface area contributed by atoms with Gasteiger partial charge in [0.15, 0.2) is 5.78 Å². The van der Waals surface area contributed by atoms with Gasteiger partial charge in [-0.15, -0.1) is 0 Å². The first-order chi connectivity index (χ1) is 5.39. The third kappa shape index (κ3) is 3.91. The Labute approximate surface area is 66.9 Å². The SMILES string of the molecule is O=C1CNC/C=C\CCNC1. The predicted octanol–water partition coefficient (Wildman–Crippen LogP) is -0.305. The van der Waals surface area contributed by atoms with Crippen molar-refractivity contribution < 1.29 is 4.79 Å². The molecule has 0 bridgehead atoms. The highest BCUT2D eigenvalue weighted by molar-refractivity contribution is 5.82. The topological polar surface area (TPSA) is 41.1 Å². The van der Waals surface area contributed by atoms with Crippen LogP contribution in [0.5, 0.6) is 0 Å². The monoisotopic (exact) mass is 154 g/mol. The van der Waals surface area contributed by atoms with E-state index in [9.17, 15) is 4.79 Å². The standard InChI is InChI=1S/C8H14N2O/c11-8-6-9-4-2-1-3-5-10-7-8/h1-2,9-10H,3-7H2/b2-1-. The highest BCUT2D eigenvalue weighted by Crippen LogP contribution is 1.82. The van der Waals surface area contributed by atoms with Gasteiger partial charge in [-0.3, -0.25) is 4.79 Å². The van der Waals surface area contributed by atoms with Gasteiger partial charge in [0.25, 0.3) is 0 Å².